The molecule has 0 bridgehead atoms. The van der Waals surface area contributed by atoms with Crippen molar-refractivity contribution in [2.24, 2.45) is 5.73 Å². The molecule has 16 heavy (non-hydrogen) atoms. The van der Waals surface area contributed by atoms with Gasteiger partial charge in [0.15, 0.2) is 0 Å². The number of rotatable bonds is 4. The largest absolute Gasteiger partial charge is 0.377 e. The summed E-state index contributed by atoms with van der Waals surface area (Å²) in [6.07, 6.45) is 4.31. The van der Waals surface area contributed by atoms with Gasteiger partial charge in [-0.1, -0.05) is 6.07 Å². The van der Waals surface area contributed by atoms with E-state index >= 15 is 0 Å². The van der Waals surface area contributed by atoms with Crippen LogP contribution < -0.4 is 5.73 Å². The second-order valence-corrected chi connectivity index (χ2v) is 4.74. The lowest BCUT2D eigenvalue weighted by Gasteiger charge is -2.20. The van der Waals surface area contributed by atoms with Gasteiger partial charge in [-0.3, -0.25) is 4.98 Å². The van der Waals surface area contributed by atoms with E-state index in [9.17, 15) is 0 Å². The minimum atomic E-state index is 0.0681. The Morgan fingerprint density at radius 1 is 1.56 bits per heavy atom. The molecule has 3 nitrogen and oxygen atoms in total. The molecule has 0 amide bonds. The monoisotopic (exact) mass is 220 g/mol. The third-order valence-electron chi connectivity index (χ3n) is 3.14. The Kier molecular flexibility index (Phi) is 3.56. The standard InChI is InChI=1S/C13H20N2O/c1-9(2)16-8-12(14)11-6-5-10-4-3-7-15-13(10)11/h3-4,7,9,11-12H,5-6,8,14H2,1-2H3. The van der Waals surface area contributed by atoms with Gasteiger partial charge in [-0.25, -0.2) is 0 Å². The number of nitrogens with two attached hydrogens (primary N) is 1. The molecular weight excluding hydrogens is 200 g/mol. The van der Waals surface area contributed by atoms with Crippen molar-refractivity contribution in [2.45, 2.75) is 44.8 Å². The van der Waals surface area contributed by atoms with Gasteiger partial charge in [0.2, 0.25) is 0 Å². The van der Waals surface area contributed by atoms with Gasteiger partial charge in [0, 0.05) is 23.9 Å². The SMILES string of the molecule is CC(C)OCC(N)C1CCc2cccnc21. The average Bonchev–Trinajstić information content (AvgIpc) is 2.69. The maximum atomic E-state index is 6.18. The fraction of sp³-hybridized carbons (Fsp3) is 0.615. The van der Waals surface area contributed by atoms with Crippen LogP contribution in [0.1, 0.15) is 37.4 Å². The summed E-state index contributed by atoms with van der Waals surface area (Å²) in [6.45, 7) is 4.69. The van der Waals surface area contributed by atoms with E-state index in [1.54, 1.807) is 0 Å². The number of hydrogen-bond acceptors (Lipinski definition) is 3. The Balaban J connectivity index is 2.01. The number of ether oxygens (including phenoxy) is 1. The summed E-state index contributed by atoms with van der Waals surface area (Å²) >= 11 is 0. The molecule has 1 aromatic heterocycles. The summed E-state index contributed by atoms with van der Waals surface area (Å²) in [5.74, 6) is 0.370. The summed E-state index contributed by atoms with van der Waals surface area (Å²) in [5, 5.41) is 0. The van der Waals surface area contributed by atoms with Crippen LogP contribution >= 0.6 is 0 Å². The van der Waals surface area contributed by atoms with Gasteiger partial charge in [-0.15, -0.1) is 0 Å². The highest BCUT2D eigenvalue weighted by Gasteiger charge is 2.28. The number of hydrogen-bond donors (Lipinski definition) is 1. The number of aromatic nitrogens is 1. The van der Waals surface area contributed by atoms with E-state index in [1.807, 2.05) is 26.1 Å². The lowest BCUT2D eigenvalue weighted by molar-refractivity contribution is 0.0633. The highest BCUT2D eigenvalue weighted by molar-refractivity contribution is 5.29. The van der Waals surface area contributed by atoms with E-state index in [4.69, 9.17) is 10.5 Å². The zero-order valence-corrected chi connectivity index (χ0v) is 10.0. The molecule has 2 N–H and O–H groups in total. The van der Waals surface area contributed by atoms with Crippen LogP contribution in [0.3, 0.4) is 0 Å². The van der Waals surface area contributed by atoms with E-state index < -0.39 is 0 Å². The number of pyridine rings is 1. The Hall–Kier alpha value is -0.930. The molecule has 88 valence electrons. The molecule has 2 rings (SSSR count). The van der Waals surface area contributed by atoms with E-state index in [0.717, 1.165) is 12.8 Å². The maximum Gasteiger partial charge on any atom is 0.0627 e. The van der Waals surface area contributed by atoms with E-state index in [1.165, 1.54) is 11.3 Å². The highest BCUT2D eigenvalue weighted by Crippen LogP contribution is 2.32. The van der Waals surface area contributed by atoms with Crippen molar-refractivity contribution in [3.8, 4) is 0 Å². The summed E-state index contributed by atoms with van der Waals surface area (Å²) < 4.78 is 5.58. The lowest BCUT2D eigenvalue weighted by atomic mass is 9.98. The number of nitrogens with zero attached hydrogens (tertiary/aromatic N) is 1. The topological polar surface area (TPSA) is 48.1 Å². The molecule has 0 saturated heterocycles. The fourth-order valence-electron chi connectivity index (χ4n) is 2.28. The molecule has 2 unspecified atom stereocenters. The van der Waals surface area contributed by atoms with Gasteiger partial charge in [-0.05, 0) is 38.3 Å². The van der Waals surface area contributed by atoms with Crippen molar-refractivity contribution in [3.05, 3.63) is 29.6 Å². The summed E-state index contributed by atoms with van der Waals surface area (Å²) in [5.41, 5.74) is 8.71. The van der Waals surface area contributed by atoms with Crippen LogP contribution in [-0.2, 0) is 11.2 Å². The Labute approximate surface area is 97.0 Å². The van der Waals surface area contributed by atoms with Crippen LogP contribution in [0.5, 0.6) is 0 Å². The van der Waals surface area contributed by atoms with Gasteiger partial charge < -0.3 is 10.5 Å². The van der Waals surface area contributed by atoms with Crippen molar-refractivity contribution in [2.75, 3.05) is 6.61 Å². The van der Waals surface area contributed by atoms with Crippen molar-refractivity contribution < 1.29 is 4.74 Å². The van der Waals surface area contributed by atoms with Gasteiger partial charge >= 0.3 is 0 Å². The summed E-state index contributed by atoms with van der Waals surface area (Å²) in [6, 6.07) is 4.22. The third kappa shape index (κ3) is 2.42. The highest BCUT2D eigenvalue weighted by atomic mass is 16.5. The first-order valence-corrected chi connectivity index (χ1v) is 5.99. The van der Waals surface area contributed by atoms with Crippen LogP contribution in [0.25, 0.3) is 0 Å². The molecule has 1 aliphatic rings. The second-order valence-electron chi connectivity index (χ2n) is 4.74. The minimum absolute atomic E-state index is 0.0681. The molecule has 0 radical (unpaired) electrons. The molecule has 1 heterocycles. The fourth-order valence-corrected chi connectivity index (χ4v) is 2.28. The molecule has 1 aliphatic carbocycles. The zero-order valence-electron chi connectivity index (χ0n) is 10.0. The molecule has 3 heteroatoms. The molecule has 0 fully saturated rings. The van der Waals surface area contributed by atoms with Gasteiger partial charge in [-0.2, -0.15) is 0 Å². The average molecular weight is 220 g/mol. The lowest BCUT2D eigenvalue weighted by Crippen LogP contribution is -2.33. The first-order chi connectivity index (χ1) is 7.68. The van der Waals surface area contributed by atoms with Crippen LogP contribution in [-0.4, -0.2) is 23.7 Å². The van der Waals surface area contributed by atoms with E-state index in [2.05, 4.69) is 11.1 Å². The predicted octanol–water partition coefficient (Wildman–Crippen LogP) is 1.86. The van der Waals surface area contributed by atoms with E-state index in [0.29, 0.717) is 12.5 Å². The Morgan fingerprint density at radius 3 is 3.12 bits per heavy atom. The van der Waals surface area contributed by atoms with Crippen LogP contribution in [0.15, 0.2) is 18.3 Å². The van der Waals surface area contributed by atoms with Gasteiger partial charge in [0.05, 0.1) is 12.7 Å². The van der Waals surface area contributed by atoms with Crippen LogP contribution in [0.2, 0.25) is 0 Å². The Bertz CT molecular complexity index is 352. The summed E-state index contributed by atoms with van der Waals surface area (Å²) in [4.78, 5) is 4.45. The number of aryl methyl sites for hydroxylation is 1. The molecule has 1 aromatic rings. The molecule has 2 atom stereocenters. The molecule has 0 aromatic carbocycles. The van der Waals surface area contributed by atoms with Crippen molar-refractivity contribution in [1.82, 2.24) is 4.98 Å². The Morgan fingerprint density at radius 2 is 2.38 bits per heavy atom. The van der Waals surface area contributed by atoms with Gasteiger partial charge in [0.25, 0.3) is 0 Å². The maximum absolute atomic E-state index is 6.18. The molecular formula is C13H20N2O. The van der Waals surface area contributed by atoms with Crippen molar-refractivity contribution >= 4 is 0 Å². The predicted molar refractivity (Wildman–Crippen MR) is 64.4 cm³/mol. The van der Waals surface area contributed by atoms with Gasteiger partial charge in [0.1, 0.15) is 0 Å². The molecule has 0 aliphatic heterocycles. The van der Waals surface area contributed by atoms with Crippen LogP contribution in [0.4, 0.5) is 0 Å². The van der Waals surface area contributed by atoms with Crippen molar-refractivity contribution in [1.29, 1.82) is 0 Å². The first kappa shape index (κ1) is 11.6. The molecule has 0 saturated carbocycles. The summed E-state index contributed by atoms with van der Waals surface area (Å²) in [7, 11) is 0. The van der Waals surface area contributed by atoms with Crippen LogP contribution in [0, 0.1) is 0 Å². The smallest absolute Gasteiger partial charge is 0.0627 e. The van der Waals surface area contributed by atoms with Crippen molar-refractivity contribution in [3.63, 3.8) is 0 Å². The number of fused-ring (bicyclic) bond motifs is 1. The quantitative estimate of drug-likeness (QED) is 0.842. The third-order valence-corrected chi connectivity index (χ3v) is 3.14. The molecule has 0 spiro atoms. The van der Waals surface area contributed by atoms with E-state index in [-0.39, 0.29) is 12.1 Å². The zero-order chi connectivity index (χ0) is 11.5. The first-order valence-electron chi connectivity index (χ1n) is 5.99. The minimum Gasteiger partial charge on any atom is -0.377 e. The normalized spacial score (nSPS) is 21.1. The second kappa shape index (κ2) is 4.93.